The van der Waals surface area contributed by atoms with Crippen LogP contribution in [0.5, 0.6) is 11.5 Å². The van der Waals surface area contributed by atoms with E-state index in [4.69, 9.17) is 21.1 Å². The van der Waals surface area contributed by atoms with E-state index in [9.17, 15) is 13.2 Å². The molecule has 2 aromatic carbocycles. The first kappa shape index (κ1) is 24.8. The van der Waals surface area contributed by atoms with Crippen molar-refractivity contribution in [1.82, 2.24) is 5.32 Å². The third kappa shape index (κ3) is 6.51. The topological polar surface area (TPSA) is 84.9 Å². The lowest BCUT2D eigenvalue weighted by molar-refractivity contribution is 0.0938. The standard InChI is InChI=1S/C22H29ClN2O5S/c1-6-7-15(2)24-22(26)18-12-20(29-3)21(30-4)13-19(18)25(31(5,27)28)14-16-8-10-17(23)11-9-16/h8-13,15H,6-7,14H2,1-5H3,(H,24,26). The fourth-order valence-electron chi connectivity index (χ4n) is 3.20. The minimum atomic E-state index is -3.74. The van der Waals surface area contributed by atoms with Gasteiger partial charge in [0, 0.05) is 17.1 Å². The second kappa shape index (κ2) is 10.7. The van der Waals surface area contributed by atoms with Gasteiger partial charge in [-0.15, -0.1) is 0 Å². The average molecular weight is 469 g/mol. The summed E-state index contributed by atoms with van der Waals surface area (Å²) in [6.45, 7) is 3.96. The zero-order valence-corrected chi connectivity index (χ0v) is 20.0. The Morgan fingerprint density at radius 2 is 1.71 bits per heavy atom. The van der Waals surface area contributed by atoms with Crippen LogP contribution in [0.1, 0.15) is 42.6 Å². The molecule has 0 bridgehead atoms. The molecule has 31 heavy (non-hydrogen) atoms. The van der Waals surface area contributed by atoms with E-state index < -0.39 is 10.0 Å². The van der Waals surface area contributed by atoms with Crippen molar-refractivity contribution in [3.63, 3.8) is 0 Å². The Balaban J connectivity index is 2.61. The first-order valence-corrected chi connectivity index (χ1v) is 12.1. The number of benzene rings is 2. The molecule has 2 rings (SSSR count). The molecule has 0 saturated carbocycles. The number of amides is 1. The average Bonchev–Trinajstić information content (AvgIpc) is 2.71. The van der Waals surface area contributed by atoms with Gasteiger partial charge in [-0.3, -0.25) is 9.10 Å². The molecular formula is C22H29ClN2O5S. The van der Waals surface area contributed by atoms with Crippen molar-refractivity contribution in [1.29, 1.82) is 0 Å². The number of hydrogen-bond donors (Lipinski definition) is 1. The lowest BCUT2D eigenvalue weighted by atomic mass is 10.1. The summed E-state index contributed by atoms with van der Waals surface area (Å²) < 4.78 is 37.4. The van der Waals surface area contributed by atoms with Gasteiger partial charge in [0.2, 0.25) is 10.0 Å². The highest BCUT2D eigenvalue weighted by Crippen LogP contribution is 2.37. The number of rotatable bonds is 10. The molecule has 0 fully saturated rings. The van der Waals surface area contributed by atoms with Crippen LogP contribution in [-0.2, 0) is 16.6 Å². The molecule has 1 unspecified atom stereocenters. The number of methoxy groups -OCH3 is 2. The maximum absolute atomic E-state index is 13.1. The number of ether oxygens (including phenoxy) is 2. The molecule has 0 saturated heterocycles. The Hall–Kier alpha value is -2.45. The molecule has 0 aliphatic heterocycles. The van der Waals surface area contributed by atoms with Crippen molar-refractivity contribution >= 4 is 33.2 Å². The van der Waals surface area contributed by atoms with Crippen molar-refractivity contribution in [3.05, 3.63) is 52.5 Å². The van der Waals surface area contributed by atoms with Crippen LogP contribution in [0.2, 0.25) is 5.02 Å². The van der Waals surface area contributed by atoms with Crippen LogP contribution in [0.25, 0.3) is 0 Å². The Bertz CT molecular complexity index is 1010. The van der Waals surface area contributed by atoms with Gasteiger partial charge in [0.15, 0.2) is 11.5 Å². The number of nitrogens with zero attached hydrogens (tertiary/aromatic N) is 1. The molecule has 1 N–H and O–H groups in total. The predicted molar refractivity (Wildman–Crippen MR) is 124 cm³/mol. The Morgan fingerprint density at radius 1 is 1.13 bits per heavy atom. The van der Waals surface area contributed by atoms with E-state index in [2.05, 4.69) is 5.32 Å². The van der Waals surface area contributed by atoms with Crippen molar-refractivity contribution in [3.8, 4) is 11.5 Å². The van der Waals surface area contributed by atoms with E-state index in [0.717, 1.165) is 24.7 Å². The Kier molecular flexibility index (Phi) is 8.59. The number of anilines is 1. The van der Waals surface area contributed by atoms with Gasteiger partial charge in [0.25, 0.3) is 5.91 Å². The molecule has 1 amide bonds. The lowest BCUT2D eigenvalue weighted by Gasteiger charge is -2.26. The highest BCUT2D eigenvalue weighted by molar-refractivity contribution is 7.92. The third-order valence-electron chi connectivity index (χ3n) is 4.75. The van der Waals surface area contributed by atoms with Gasteiger partial charge in [-0.05, 0) is 37.1 Å². The first-order valence-electron chi connectivity index (χ1n) is 9.89. The zero-order valence-electron chi connectivity index (χ0n) is 18.4. The summed E-state index contributed by atoms with van der Waals surface area (Å²) in [4.78, 5) is 13.1. The Labute approximate surface area is 189 Å². The molecule has 0 heterocycles. The molecular weight excluding hydrogens is 440 g/mol. The maximum atomic E-state index is 13.1. The quantitative estimate of drug-likeness (QED) is 0.563. The number of hydrogen-bond acceptors (Lipinski definition) is 5. The largest absolute Gasteiger partial charge is 0.493 e. The van der Waals surface area contributed by atoms with Crippen LogP contribution >= 0.6 is 11.6 Å². The van der Waals surface area contributed by atoms with Gasteiger partial charge in [0.1, 0.15) is 0 Å². The summed E-state index contributed by atoms with van der Waals surface area (Å²) in [7, 11) is -0.829. The predicted octanol–water partition coefficient (Wildman–Crippen LogP) is 4.24. The van der Waals surface area contributed by atoms with Gasteiger partial charge < -0.3 is 14.8 Å². The summed E-state index contributed by atoms with van der Waals surface area (Å²) in [6, 6.07) is 9.80. The number of halogens is 1. The molecule has 0 aromatic heterocycles. The van der Waals surface area contributed by atoms with E-state index in [0.29, 0.717) is 16.5 Å². The monoisotopic (exact) mass is 468 g/mol. The minimum absolute atomic E-state index is 0.0241. The van der Waals surface area contributed by atoms with Crippen LogP contribution in [0.3, 0.4) is 0 Å². The maximum Gasteiger partial charge on any atom is 0.253 e. The number of sulfonamides is 1. The molecule has 7 nitrogen and oxygen atoms in total. The van der Waals surface area contributed by atoms with Crippen molar-refractivity contribution < 1.29 is 22.7 Å². The van der Waals surface area contributed by atoms with Gasteiger partial charge in [-0.2, -0.15) is 0 Å². The third-order valence-corrected chi connectivity index (χ3v) is 6.13. The Morgan fingerprint density at radius 3 is 2.23 bits per heavy atom. The normalized spacial score (nSPS) is 12.2. The van der Waals surface area contributed by atoms with Crippen LogP contribution in [0.15, 0.2) is 36.4 Å². The lowest BCUT2D eigenvalue weighted by Crippen LogP contribution is -2.35. The van der Waals surface area contributed by atoms with Gasteiger partial charge >= 0.3 is 0 Å². The van der Waals surface area contributed by atoms with Gasteiger partial charge in [-0.25, -0.2) is 8.42 Å². The summed E-state index contributed by atoms with van der Waals surface area (Å²) in [5, 5.41) is 3.48. The summed E-state index contributed by atoms with van der Waals surface area (Å²) >= 11 is 5.95. The molecule has 9 heteroatoms. The van der Waals surface area contributed by atoms with Crippen molar-refractivity contribution in [2.75, 3.05) is 24.8 Å². The van der Waals surface area contributed by atoms with Crippen LogP contribution in [0.4, 0.5) is 5.69 Å². The second-order valence-electron chi connectivity index (χ2n) is 7.28. The molecule has 0 aliphatic rings. The number of nitrogens with one attached hydrogen (secondary N) is 1. The molecule has 0 spiro atoms. The summed E-state index contributed by atoms with van der Waals surface area (Å²) in [5.41, 5.74) is 1.10. The van der Waals surface area contributed by atoms with Crippen molar-refractivity contribution in [2.24, 2.45) is 0 Å². The second-order valence-corrected chi connectivity index (χ2v) is 9.63. The summed E-state index contributed by atoms with van der Waals surface area (Å²) in [5.74, 6) is 0.265. The number of carbonyl (C=O) groups is 1. The SMILES string of the molecule is CCCC(C)NC(=O)c1cc(OC)c(OC)cc1N(Cc1ccc(Cl)cc1)S(C)(=O)=O. The highest BCUT2D eigenvalue weighted by atomic mass is 35.5. The molecule has 0 aliphatic carbocycles. The van der Waals surface area contributed by atoms with Gasteiger partial charge in [-0.1, -0.05) is 37.1 Å². The van der Waals surface area contributed by atoms with E-state index in [1.54, 1.807) is 24.3 Å². The van der Waals surface area contributed by atoms with E-state index in [1.807, 2.05) is 13.8 Å². The minimum Gasteiger partial charge on any atom is -0.493 e. The number of carbonyl (C=O) groups excluding carboxylic acids is 1. The smallest absolute Gasteiger partial charge is 0.253 e. The molecule has 0 radical (unpaired) electrons. The highest BCUT2D eigenvalue weighted by Gasteiger charge is 2.27. The van der Waals surface area contributed by atoms with E-state index >= 15 is 0 Å². The fraction of sp³-hybridized carbons (Fsp3) is 0.409. The van der Waals surface area contributed by atoms with Crippen LogP contribution < -0.4 is 19.1 Å². The zero-order chi connectivity index (χ0) is 23.2. The van der Waals surface area contributed by atoms with Gasteiger partial charge in [0.05, 0.1) is 38.3 Å². The van der Waals surface area contributed by atoms with E-state index in [1.165, 1.54) is 30.7 Å². The fourth-order valence-corrected chi connectivity index (χ4v) is 4.22. The molecule has 2 aromatic rings. The molecule has 1 atom stereocenters. The van der Waals surface area contributed by atoms with E-state index in [-0.39, 0.29) is 29.7 Å². The van der Waals surface area contributed by atoms with Crippen molar-refractivity contribution in [2.45, 2.75) is 39.3 Å². The molecule has 170 valence electrons. The summed E-state index contributed by atoms with van der Waals surface area (Å²) in [6.07, 6.45) is 2.81. The van der Waals surface area contributed by atoms with Crippen LogP contribution in [0, 0.1) is 0 Å². The van der Waals surface area contributed by atoms with Crippen LogP contribution in [-0.4, -0.2) is 40.8 Å². The first-order chi connectivity index (χ1) is 14.6.